The number of likely N-dealkylation sites (tertiary alicyclic amines) is 2. The molecule has 2 saturated heterocycles. The number of carbonyl (C=O) groups excluding carboxylic acids is 1. The van der Waals surface area contributed by atoms with E-state index in [1.807, 2.05) is 49.1 Å². The first kappa shape index (κ1) is 23.8. The predicted octanol–water partition coefficient (Wildman–Crippen LogP) is 4.39. The van der Waals surface area contributed by atoms with Gasteiger partial charge in [0, 0.05) is 56.0 Å². The predicted molar refractivity (Wildman–Crippen MR) is 125 cm³/mol. The molecule has 0 saturated carbocycles. The fraction of sp³-hybridized carbons (Fsp3) is 0.519. The second kappa shape index (κ2) is 9.15. The molecule has 33 heavy (non-hydrogen) atoms. The lowest BCUT2D eigenvalue weighted by Crippen LogP contribution is -2.57. The quantitative estimate of drug-likeness (QED) is 0.742. The summed E-state index contributed by atoms with van der Waals surface area (Å²) in [6.45, 7) is 10.1. The summed E-state index contributed by atoms with van der Waals surface area (Å²) in [4.78, 5) is 17.8. The van der Waals surface area contributed by atoms with E-state index in [0.717, 1.165) is 11.6 Å². The molecule has 6 heteroatoms. The number of amides is 1. The van der Waals surface area contributed by atoms with Crippen LogP contribution < -0.4 is 0 Å². The molecule has 1 unspecified atom stereocenters. The van der Waals surface area contributed by atoms with Crippen LogP contribution in [0.4, 0.5) is 8.78 Å². The van der Waals surface area contributed by atoms with E-state index in [0.29, 0.717) is 31.7 Å². The molecule has 1 N–H and O–H groups in total. The first-order valence-electron chi connectivity index (χ1n) is 11.9. The maximum absolute atomic E-state index is 14.7. The molecule has 2 aromatic rings. The van der Waals surface area contributed by atoms with Crippen LogP contribution >= 0.6 is 0 Å². The van der Waals surface area contributed by atoms with E-state index in [9.17, 15) is 18.7 Å². The summed E-state index contributed by atoms with van der Waals surface area (Å²) < 4.78 is 28.2. The highest BCUT2D eigenvalue weighted by Crippen LogP contribution is 2.43. The van der Waals surface area contributed by atoms with Gasteiger partial charge in [-0.1, -0.05) is 50.2 Å². The topological polar surface area (TPSA) is 43.8 Å². The SMILES string of the molecule is CC(C)N1C[C@@H](C(=O)N2C[C@@H](C)C(O)(c3ccccc3)[C@@H](C)C2)[C@H](c2ccc(F)cc2F)C1. The number of carbonyl (C=O) groups is 1. The minimum absolute atomic E-state index is 0.0133. The highest BCUT2D eigenvalue weighted by Gasteiger charge is 2.49. The smallest absolute Gasteiger partial charge is 0.227 e. The Labute approximate surface area is 195 Å². The molecule has 2 aliphatic rings. The van der Waals surface area contributed by atoms with Crippen molar-refractivity contribution in [2.75, 3.05) is 26.2 Å². The molecular formula is C27H34F2N2O2. The Morgan fingerprint density at radius 2 is 1.64 bits per heavy atom. The van der Waals surface area contributed by atoms with Gasteiger partial charge in [0.15, 0.2) is 0 Å². The summed E-state index contributed by atoms with van der Waals surface area (Å²) in [5, 5.41) is 11.6. The van der Waals surface area contributed by atoms with Gasteiger partial charge >= 0.3 is 0 Å². The van der Waals surface area contributed by atoms with E-state index < -0.39 is 23.2 Å². The Balaban J connectivity index is 1.59. The van der Waals surface area contributed by atoms with Crippen molar-refractivity contribution >= 4 is 5.91 Å². The van der Waals surface area contributed by atoms with Crippen molar-refractivity contribution in [3.05, 3.63) is 71.3 Å². The second-order valence-electron chi connectivity index (χ2n) is 10.2. The van der Waals surface area contributed by atoms with Crippen LogP contribution in [-0.4, -0.2) is 53.0 Å². The number of hydrogen-bond acceptors (Lipinski definition) is 3. The van der Waals surface area contributed by atoms with Crippen LogP contribution in [0.5, 0.6) is 0 Å². The average Bonchev–Trinajstić information content (AvgIpc) is 3.22. The first-order chi connectivity index (χ1) is 15.6. The van der Waals surface area contributed by atoms with E-state index in [1.54, 1.807) is 0 Å². The molecule has 2 fully saturated rings. The van der Waals surface area contributed by atoms with Crippen molar-refractivity contribution < 1.29 is 18.7 Å². The van der Waals surface area contributed by atoms with Crippen molar-refractivity contribution in [3.63, 3.8) is 0 Å². The summed E-state index contributed by atoms with van der Waals surface area (Å²) in [5.74, 6) is -2.28. The summed E-state index contributed by atoms with van der Waals surface area (Å²) >= 11 is 0. The summed E-state index contributed by atoms with van der Waals surface area (Å²) in [7, 11) is 0. The molecule has 2 aliphatic heterocycles. The molecule has 2 heterocycles. The number of benzene rings is 2. The Morgan fingerprint density at radius 1 is 1.00 bits per heavy atom. The minimum atomic E-state index is -1.01. The molecule has 0 bridgehead atoms. The molecule has 0 aromatic heterocycles. The molecule has 0 aliphatic carbocycles. The van der Waals surface area contributed by atoms with Gasteiger partial charge in [-0.15, -0.1) is 0 Å². The number of hydrogen-bond donors (Lipinski definition) is 1. The zero-order valence-electron chi connectivity index (χ0n) is 19.8. The molecule has 4 rings (SSSR count). The molecule has 4 nitrogen and oxygen atoms in total. The summed E-state index contributed by atoms with van der Waals surface area (Å²) in [6, 6.07) is 13.5. The van der Waals surface area contributed by atoms with Gasteiger partial charge in [0.05, 0.1) is 11.5 Å². The minimum Gasteiger partial charge on any atom is -0.384 e. The van der Waals surface area contributed by atoms with E-state index in [2.05, 4.69) is 18.7 Å². The lowest BCUT2D eigenvalue weighted by Gasteiger charge is -2.48. The number of aliphatic hydroxyl groups is 1. The average molecular weight is 457 g/mol. The van der Waals surface area contributed by atoms with Crippen LogP contribution in [0.25, 0.3) is 0 Å². The van der Waals surface area contributed by atoms with Gasteiger partial charge in [0.1, 0.15) is 11.6 Å². The number of piperidine rings is 1. The Bertz CT molecular complexity index is 985. The third-order valence-corrected chi connectivity index (χ3v) is 7.80. The highest BCUT2D eigenvalue weighted by molar-refractivity contribution is 5.81. The van der Waals surface area contributed by atoms with E-state index in [1.165, 1.54) is 12.1 Å². The maximum Gasteiger partial charge on any atom is 0.227 e. The zero-order valence-corrected chi connectivity index (χ0v) is 19.8. The fourth-order valence-corrected chi connectivity index (χ4v) is 5.81. The lowest BCUT2D eigenvalue weighted by molar-refractivity contribution is -0.152. The van der Waals surface area contributed by atoms with Crippen LogP contribution in [0.15, 0.2) is 48.5 Å². The zero-order chi connectivity index (χ0) is 23.9. The van der Waals surface area contributed by atoms with Gasteiger partial charge < -0.3 is 10.0 Å². The monoisotopic (exact) mass is 456 g/mol. The molecule has 2 aromatic carbocycles. The van der Waals surface area contributed by atoms with Gasteiger partial charge in [-0.3, -0.25) is 9.69 Å². The largest absolute Gasteiger partial charge is 0.384 e. The Kier molecular flexibility index (Phi) is 6.61. The molecule has 1 amide bonds. The van der Waals surface area contributed by atoms with Gasteiger partial charge in [-0.2, -0.15) is 0 Å². The van der Waals surface area contributed by atoms with Crippen molar-refractivity contribution in [2.24, 2.45) is 17.8 Å². The molecule has 0 spiro atoms. The van der Waals surface area contributed by atoms with Crippen LogP contribution in [-0.2, 0) is 10.4 Å². The van der Waals surface area contributed by atoms with Crippen LogP contribution in [0.2, 0.25) is 0 Å². The molecule has 0 radical (unpaired) electrons. The summed E-state index contributed by atoms with van der Waals surface area (Å²) in [6.07, 6.45) is 0. The lowest BCUT2D eigenvalue weighted by atomic mass is 9.70. The van der Waals surface area contributed by atoms with E-state index in [4.69, 9.17) is 0 Å². The number of nitrogens with zero attached hydrogens (tertiary/aromatic N) is 2. The van der Waals surface area contributed by atoms with E-state index in [-0.39, 0.29) is 29.7 Å². The normalized spacial score (nSPS) is 30.7. The van der Waals surface area contributed by atoms with Gasteiger partial charge in [0.25, 0.3) is 0 Å². The van der Waals surface area contributed by atoms with Crippen molar-refractivity contribution in [2.45, 2.75) is 45.3 Å². The fourth-order valence-electron chi connectivity index (χ4n) is 5.81. The van der Waals surface area contributed by atoms with Crippen LogP contribution in [0.1, 0.15) is 44.7 Å². The van der Waals surface area contributed by atoms with Gasteiger partial charge in [0.2, 0.25) is 5.91 Å². The van der Waals surface area contributed by atoms with Crippen LogP contribution in [0, 0.1) is 29.4 Å². The van der Waals surface area contributed by atoms with Crippen molar-refractivity contribution in [1.82, 2.24) is 9.80 Å². The molecule has 5 atom stereocenters. The second-order valence-corrected chi connectivity index (χ2v) is 10.2. The van der Waals surface area contributed by atoms with Gasteiger partial charge in [-0.25, -0.2) is 8.78 Å². The molecule has 178 valence electrons. The van der Waals surface area contributed by atoms with Crippen molar-refractivity contribution in [1.29, 1.82) is 0 Å². The Hall–Kier alpha value is -2.31. The number of halogens is 2. The third kappa shape index (κ3) is 4.31. The Morgan fingerprint density at radius 3 is 2.21 bits per heavy atom. The third-order valence-electron chi connectivity index (χ3n) is 7.80. The van der Waals surface area contributed by atoms with Crippen molar-refractivity contribution in [3.8, 4) is 0 Å². The molecular weight excluding hydrogens is 422 g/mol. The summed E-state index contributed by atoms with van der Waals surface area (Å²) in [5.41, 5.74) is 0.257. The van der Waals surface area contributed by atoms with Crippen LogP contribution in [0.3, 0.4) is 0 Å². The van der Waals surface area contributed by atoms with Gasteiger partial charge in [-0.05, 0) is 31.0 Å². The first-order valence-corrected chi connectivity index (χ1v) is 11.9. The number of rotatable bonds is 4. The van der Waals surface area contributed by atoms with E-state index >= 15 is 0 Å². The highest BCUT2D eigenvalue weighted by atomic mass is 19.1. The standard InChI is InChI=1S/C27H34F2N2O2/c1-17(2)30-15-23(22-11-10-21(28)12-25(22)29)24(16-30)26(32)31-13-18(3)27(33,19(4)14-31)20-8-6-5-7-9-20/h5-12,17-19,23-24,33H,13-16H2,1-4H3/t18-,19+,23-,24+,27?/m0/s1. The maximum atomic E-state index is 14.7.